The highest BCUT2D eigenvalue weighted by molar-refractivity contribution is 5.66. The summed E-state index contributed by atoms with van der Waals surface area (Å²) in [5, 5.41) is 8.74. The van der Waals surface area contributed by atoms with E-state index in [0.717, 1.165) is 17.7 Å². The molecule has 1 N–H and O–H groups in total. The fourth-order valence-corrected chi connectivity index (χ4v) is 3.48. The van der Waals surface area contributed by atoms with Crippen LogP contribution >= 0.6 is 0 Å². The lowest BCUT2D eigenvalue weighted by molar-refractivity contribution is -0.244. The molecule has 166 valence electrons. The van der Waals surface area contributed by atoms with E-state index < -0.39 is 35.8 Å². The molecule has 8 heteroatoms. The maximum Gasteiger partial charge on any atom is 0.303 e. The summed E-state index contributed by atoms with van der Waals surface area (Å²) in [6.45, 7) is 0.206. The van der Waals surface area contributed by atoms with Crippen molar-refractivity contribution >= 4 is 5.97 Å². The van der Waals surface area contributed by atoms with Gasteiger partial charge in [0.1, 0.15) is 5.75 Å². The predicted molar refractivity (Wildman–Crippen MR) is 106 cm³/mol. The highest BCUT2D eigenvalue weighted by atomic mass is 19.2. The Morgan fingerprint density at radius 2 is 1.90 bits per heavy atom. The van der Waals surface area contributed by atoms with Gasteiger partial charge in [0.25, 0.3) is 0 Å². The second-order valence-corrected chi connectivity index (χ2v) is 7.16. The quantitative estimate of drug-likeness (QED) is 0.448. The van der Waals surface area contributed by atoms with Gasteiger partial charge in [-0.1, -0.05) is 30.4 Å². The van der Waals surface area contributed by atoms with E-state index in [1.807, 2.05) is 24.3 Å². The van der Waals surface area contributed by atoms with Crippen LogP contribution in [0, 0.1) is 23.4 Å². The van der Waals surface area contributed by atoms with Crippen molar-refractivity contribution in [2.45, 2.75) is 31.7 Å². The van der Waals surface area contributed by atoms with Crippen LogP contribution in [0.2, 0.25) is 0 Å². The van der Waals surface area contributed by atoms with Crippen LogP contribution in [0.15, 0.2) is 48.6 Å². The Balaban J connectivity index is 1.84. The molecule has 0 aliphatic carbocycles. The largest absolute Gasteiger partial charge is 0.496 e. The summed E-state index contributed by atoms with van der Waals surface area (Å²) in [5.74, 6) is -4.64. The zero-order chi connectivity index (χ0) is 22.4. The van der Waals surface area contributed by atoms with Crippen molar-refractivity contribution < 1.29 is 37.3 Å². The molecule has 31 heavy (non-hydrogen) atoms. The molecule has 3 unspecified atom stereocenters. The number of halogens is 3. The van der Waals surface area contributed by atoms with Gasteiger partial charge in [-0.25, -0.2) is 13.2 Å². The minimum atomic E-state index is -1.55. The summed E-state index contributed by atoms with van der Waals surface area (Å²) in [4.78, 5) is 10.6. The van der Waals surface area contributed by atoms with E-state index in [9.17, 15) is 18.0 Å². The standard InChI is InChI=1S/C23H23F3O5/c1-29-19-9-6-5-8-16(19)22-14(7-3-2-4-10-20(27)28)13-30-23(31-22)15-11-17(24)21(26)18(25)12-15/h2-3,5-6,8-9,11-12,14,22-23H,4,7,10,13H2,1H3,(H,27,28). The summed E-state index contributed by atoms with van der Waals surface area (Å²) in [5.41, 5.74) is 0.775. The molecule has 0 saturated carbocycles. The summed E-state index contributed by atoms with van der Waals surface area (Å²) in [7, 11) is 1.53. The first-order chi connectivity index (χ1) is 14.9. The number of aliphatic carboxylic acids is 1. The van der Waals surface area contributed by atoms with Crippen LogP contribution in [-0.4, -0.2) is 24.8 Å². The number of carboxylic acids is 1. The number of methoxy groups -OCH3 is 1. The van der Waals surface area contributed by atoms with Crippen LogP contribution in [0.25, 0.3) is 0 Å². The van der Waals surface area contributed by atoms with Gasteiger partial charge in [0.05, 0.1) is 19.8 Å². The fraction of sp³-hybridized carbons (Fsp3) is 0.348. The van der Waals surface area contributed by atoms with E-state index in [2.05, 4.69) is 0 Å². The van der Waals surface area contributed by atoms with Crippen LogP contribution in [0.3, 0.4) is 0 Å². The van der Waals surface area contributed by atoms with E-state index in [0.29, 0.717) is 18.6 Å². The predicted octanol–water partition coefficient (Wildman–Crippen LogP) is 5.33. The highest BCUT2D eigenvalue weighted by Crippen LogP contribution is 2.43. The summed E-state index contributed by atoms with van der Waals surface area (Å²) in [6.07, 6.45) is 2.99. The SMILES string of the molecule is COc1ccccc1C1OC(c2cc(F)c(F)c(F)c2)OCC1CC=CCCC(=O)O. The number of ether oxygens (including phenoxy) is 3. The fourth-order valence-electron chi connectivity index (χ4n) is 3.48. The van der Waals surface area contributed by atoms with Gasteiger partial charge in [-0.2, -0.15) is 0 Å². The number of rotatable bonds is 8. The second kappa shape index (κ2) is 10.5. The van der Waals surface area contributed by atoms with Gasteiger partial charge in [-0.15, -0.1) is 0 Å². The van der Waals surface area contributed by atoms with Gasteiger partial charge in [-0.05, 0) is 31.0 Å². The van der Waals surface area contributed by atoms with Crippen LogP contribution < -0.4 is 4.74 Å². The molecule has 1 aliphatic rings. The maximum atomic E-state index is 13.7. The van der Waals surface area contributed by atoms with Crippen molar-refractivity contribution in [1.29, 1.82) is 0 Å². The van der Waals surface area contributed by atoms with Gasteiger partial charge < -0.3 is 19.3 Å². The van der Waals surface area contributed by atoms with E-state index >= 15 is 0 Å². The van der Waals surface area contributed by atoms with Crippen LogP contribution in [-0.2, 0) is 14.3 Å². The smallest absolute Gasteiger partial charge is 0.303 e. The molecule has 2 aromatic rings. The Morgan fingerprint density at radius 3 is 2.58 bits per heavy atom. The number of allylic oxidation sites excluding steroid dienone is 2. The Hall–Kier alpha value is -2.84. The van der Waals surface area contributed by atoms with E-state index in [1.54, 1.807) is 12.1 Å². The van der Waals surface area contributed by atoms with E-state index in [1.165, 1.54) is 7.11 Å². The third kappa shape index (κ3) is 5.65. The van der Waals surface area contributed by atoms with Crippen molar-refractivity contribution in [1.82, 2.24) is 0 Å². The molecule has 0 bridgehead atoms. The topological polar surface area (TPSA) is 65.0 Å². The van der Waals surface area contributed by atoms with E-state index in [4.69, 9.17) is 19.3 Å². The number of benzene rings is 2. The Kier molecular flexibility index (Phi) is 7.70. The minimum absolute atomic E-state index is 0.0340. The molecule has 0 aromatic heterocycles. The van der Waals surface area contributed by atoms with Gasteiger partial charge in [0.2, 0.25) is 0 Å². The summed E-state index contributed by atoms with van der Waals surface area (Å²) in [6, 6.07) is 8.95. The molecular formula is C23H23F3O5. The second-order valence-electron chi connectivity index (χ2n) is 7.16. The third-order valence-electron chi connectivity index (χ3n) is 5.01. The number of carbonyl (C=O) groups is 1. The molecule has 5 nitrogen and oxygen atoms in total. The van der Waals surface area contributed by atoms with Crippen molar-refractivity contribution in [3.63, 3.8) is 0 Å². The molecule has 1 aliphatic heterocycles. The third-order valence-corrected chi connectivity index (χ3v) is 5.01. The maximum absolute atomic E-state index is 13.7. The van der Waals surface area contributed by atoms with E-state index in [-0.39, 0.29) is 24.5 Å². The molecule has 2 aromatic carbocycles. The number of para-hydroxylation sites is 1. The van der Waals surface area contributed by atoms with Crippen molar-refractivity contribution in [3.05, 3.63) is 77.1 Å². The molecule has 0 spiro atoms. The zero-order valence-corrected chi connectivity index (χ0v) is 16.9. The molecule has 1 saturated heterocycles. The molecule has 3 rings (SSSR count). The molecule has 0 amide bonds. The molecule has 1 heterocycles. The summed E-state index contributed by atoms with van der Waals surface area (Å²) >= 11 is 0. The van der Waals surface area contributed by atoms with Gasteiger partial charge in [0.15, 0.2) is 23.7 Å². The lowest BCUT2D eigenvalue weighted by atomic mass is 9.91. The highest BCUT2D eigenvalue weighted by Gasteiger charge is 2.35. The normalized spacial score (nSPS) is 21.4. The first kappa shape index (κ1) is 22.8. The lowest BCUT2D eigenvalue weighted by Crippen LogP contribution is -2.31. The van der Waals surface area contributed by atoms with Gasteiger partial charge in [0, 0.05) is 23.5 Å². The number of hydrogen-bond donors (Lipinski definition) is 1. The molecule has 1 fully saturated rings. The van der Waals surface area contributed by atoms with Crippen LogP contribution in [0.1, 0.15) is 42.8 Å². The van der Waals surface area contributed by atoms with Crippen molar-refractivity contribution in [2.75, 3.05) is 13.7 Å². The van der Waals surface area contributed by atoms with Crippen LogP contribution in [0.5, 0.6) is 5.75 Å². The Bertz CT molecular complexity index is 924. The average Bonchev–Trinajstić information content (AvgIpc) is 2.76. The summed E-state index contributed by atoms with van der Waals surface area (Å²) < 4.78 is 58.0. The Labute approximate surface area is 178 Å². The van der Waals surface area contributed by atoms with Crippen molar-refractivity contribution in [2.24, 2.45) is 5.92 Å². The minimum Gasteiger partial charge on any atom is -0.496 e. The number of hydrogen-bond acceptors (Lipinski definition) is 4. The van der Waals surface area contributed by atoms with Gasteiger partial charge in [-0.3, -0.25) is 4.79 Å². The monoisotopic (exact) mass is 436 g/mol. The molecule has 0 radical (unpaired) electrons. The van der Waals surface area contributed by atoms with Gasteiger partial charge >= 0.3 is 5.97 Å². The molecular weight excluding hydrogens is 413 g/mol. The van der Waals surface area contributed by atoms with Crippen molar-refractivity contribution in [3.8, 4) is 5.75 Å². The zero-order valence-electron chi connectivity index (χ0n) is 16.9. The first-order valence-electron chi connectivity index (χ1n) is 9.82. The average molecular weight is 436 g/mol. The number of carboxylic acid groups (broad SMARTS) is 1. The molecule has 3 atom stereocenters. The lowest BCUT2D eigenvalue weighted by Gasteiger charge is -2.37. The first-order valence-corrected chi connectivity index (χ1v) is 9.82. The Morgan fingerprint density at radius 1 is 1.19 bits per heavy atom. The van der Waals surface area contributed by atoms with Crippen LogP contribution in [0.4, 0.5) is 13.2 Å².